The molecule has 1 fully saturated rings. The number of methoxy groups -OCH3 is 1. The van der Waals surface area contributed by atoms with Crippen molar-refractivity contribution in [2.45, 2.75) is 25.4 Å². The molecule has 0 bridgehead atoms. The minimum Gasteiger partial charge on any atom is -0.496 e. The van der Waals surface area contributed by atoms with Crippen molar-refractivity contribution in [3.8, 4) is 11.5 Å². The maximum Gasteiger partial charge on any atom is 0.189 e. The molecular formula is C14H19NO3. The van der Waals surface area contributed by atoms with Gasteiger partial charge in [-0.1, -0.05) is 0 Å². The number of hydrogen-bond acceptors (Lipinski definition) is 4. The van der Waals surface area contributed by atoms with Gasteiger partial charge in [0.25, 0.3) is 0 Å². The van der Waals surface area contributed by atoms with E-state index in [9.17, 15) is 0 Å². The lowest BCUT2D eigenvalue weighted by atomic mass is 9.87. The van der Waals surface area contributed by atoms with Crippen LogP contribution in [0, 0.1) is 0 Å². The third-order valence-electron chi connectivity index (χ3n) is 3.74. The zero-order valence-corrected chi connectivity index (χ0v) is 10.7. The van der Waals surface area contributed by atoms with E-state index in [0.29, 0.717) is 19.3 Å². The summed E-state index contributed by atoms with van der Waals surface area (Å²) in [4.78, 5) is 0. The summed E-state index contributed by atoms with van der Waals surface area (Å²) in [6.07, 6.45) is 2.40. The highest BCUT2D eigenvalue weighted by Crippen LogP contribution is 2.40. The largest absolute Gasteiger partial charge is 0.496 e. The number of nitrogens with one attached hydrogen (secondary N) is 1. The summed E-state index contributed by atoms with van der Waals surface area (Å²) in [5.41, 5.74) is 2.43. The van der Waals surface area contributed by atoms with Crippen LogP contribution in [0.15, 0.2) is 12.1 Å². The van der Waals surface area contributed by atoms with Crippen molar-refractivity contribution in [1.29, 1.82) is 0 Å². The first-order chi connectivity index (χ1) is 8.90. The van der Waals surface area contributed by atoms with Gasteiger partial charge in [0.05, 0.1) is 13.7 Å². The molecule has 0 amide bonds. The molecule has 3 rings (SSSR count). The zero-order valence-electron chi connectivity index (χ0n) is 10.7. The Hall–Kier alpha value is -1.26. The molecule has 2 heterocycles. The maximum absolute atomic E-state index is 5.56. The highest BCUT2D eigenvalue weighted by atomic mass is 16.7. The first-order valence-corrected chi connectivity index (χ1v) is 6.51. The second kappa shape index (κ2) is 5.16. The van der Waals surface area contributed by atoms with Crippen molar-refractivity contribution in [2.75, 3.05) is 27.0 Å². The van der Waals surface area contributed by atoms with E-state index in [2.05, 4.69) is 5.32 Å². The average Bonchev–Trinajstić information content (AvgIpc) is 2.47. The molecule has 2 aliphatic heterocycles. The third-order valence-corrected chi connectivity index (χ3v) is 3.74. The molecule has 18 heavy (non-hydrogen) atoms. The van der Waals surface area contributed by atoms with Gasteiger partial charge in [-0.3, -0.25) is 0 Å². The first kappa shape index (κ1) is 11.8. The molecule has 0 aromatic heterocycles. The van der Waals surface area contributed by atoms with Crippen LogP contribution in [-0.4, -0.2) is 27.0 Å². The van der Waals surface area contributed by atoms with Crippen molar-refractivity contribution in [3.05, 3.63) is 23.3 Å². The molecule has 1 aromatic rings. The first-order valence-electron chi connectivity index (χ1n) is 6.51. The van der Waals surface area contributed by atoms with E-state index in [4.69, 9.17) is 14.2 Å². The highest BCUT2D eigenvalue weighted by molar-refractivity contribution is 5.51. The molecule has 1 atom stereocenters. The Labute approximate surface area is 107 Å². The molecule has 0 saturated carbocycles. The Bertz CT molecular complexity index is 427. The molecule has 1 saturated heterocycles. The van der Waals surface area contributed by atoms with Gasteiger partial charge in [0.2, 0.25) is 0 Å². The van der Waals surface area contributed by atoms with E-state index in [1.165, 1.54) is 18.4 Å². The summed E-state index contributed by atoms with van der Waals surface area (Å²) in [5.74, 6) is 2.40. The molecule has 1 unspecified atom stereocenters. The van der Waals surface area contributed by atoms with Crippen LogP contribution >= 0.6 is 0 Å². The van der Waals surface area contributed by atoms with Gasteiger partial charge in [-0.05, 0) is 31.5 Å². The van der Waals surface area contributed by atoms with Crippen molar-refractivity contribution in [1.82, 2.24) is 5.32 Å². The molecule has 0 radical (unpaired) electrons. The number of fused-ring (bicyclic) bond motifs is 1. The molecule has 98 valence electrons. The summed E-state index contributed by atoms with van der Waals surface area (Å²) in [6, 6.07) is 3.99. The molecule has 4 nitrogen and oxygen atoms in total. The standard InChI is InChI=1S/C14H19NO3/c1-16-13-5-4-12-11(8-17-9-18-12)14(13)10-3-2-6-15-7-10/h4-5,10,15H,2-3,6-9H2,1H3. The van der Waals surface area contributed by atoms with Crippen molar-refractivity contribution in [2.24, 2.45) is 0 Å². The number of piperidine rings is 1. The molecule has 1 N–H and O–H groups in total. The van der Waals surface area contributed by atoms with Crippen LogP contribution in [0.4, 0.5) is 0 Å². The Morgan fingerprint density at radius 1 is 1.39 bits per heavy atom. The third kappa shape index (κ3) is 2.06. The topological polar surface area (TPSA) is 39.7 Å². The van der Waals surface area contributed by atoms with Crippen molar-refractivity contribution >= 4 is 0 Å². The van der Waals surface area contributed by atoms with Crippen LogP contribution in [0.3, 0.4) is 0 Å². The molecule has 0 aliphatic carbocycles. The Balaban J connectivity index is 2.03. The van der Waals surface area contributed by atoms with E-state index in [1.807, 2.05) is 12.1 Å². The minimum absolute atomic E-state index is 0.349. The lowest BCUT2D eigenvalue weighted by Crippen LogP contribution is -2.29. The van der Waals surface area contributed by atoms with E-state index in [1.54, 1.807) is 7.11 Å². The van der Waals surface area contributed by atoms with Gasteiger partial charge < -0.3 is 19.5 Å². The quantitative estimate of drug-likeness (QED) is 0.870. The number of hydrogen-bond donors (Lipinski definition) is 1. The monoisotopic (exact) mass is 249 g/mol. The van der Waals surface area contributed by atoms with Crippen LogP contribution in [0.25, 0.3) is 0 Å². The van der Waals surface area contributed by atoms with Crippen LogP contribution in [0.1, 0.15) is 29.9 Å². The zero-order chi connectivity index (χ0) is 12.4. The Morgan fingerprint density at radius 3 is 3.11 bits per heavy atom. The maximum atomic E-state index is 5.56. The van der Waals surface area contributed by atoms with Crippen LogP contribution in [0.2, 0.25) is 0 Å². The lowest BCUT2D eigenvalue weighted by molar-refractivity contribution is -0.0172. The summed E-state index contributed by atoms with van der Waals surface area (Å²) in [5, 5.41) is 3.45. The van der Waals surface area contributed by atoms with Gasteiger partial charge in [-0.25, -0.2) is 0 Å². The Morgan fingerprint density at radius 2 is 2.33 bits per heavy atom. The van der Waals surface area contributed by atoms with Crippen LogP contribution in [0.5, 0.6) is 11.5 Å². The van der Waals surface area contributed by atoms with Crippen LogP contribution < -0.4 is 14.8 Å². The highest BCUT2D eigenvalue weighted by Gasteiger charge is 2.26. The molecule has 2 aliphatic rings. The predicted octanol–water partition coefficient (Wildman–Crippen LogP) is 2.03. The molecule has 4 heteroatoms. The summed E-state index contributed by atoms with van der Waals surface area (Å²) in [6.45, 7) is 3.09. The fraction of sp³-hybridized carbons (Fsp3) is 0.571. The SMILES string of the molecule is COc1ccc2c(c1C1CCCNC1)COCO2. The van der Waals surface area contributed by atoms with Crippen LogP contribution in [-0.2, 0) is 11.3 Å². The van der Waals surface area contributed by atoms with Gasteiger partial charge in [0.15, 0.2) is 6.79 Å². The van der Waals surface area contributed by atoms with E-state index < -0.39 is 0 Å². The van der Waals surface area contributed by atoms with Crippen molar-refractivity contribution in [3.63, 3.8) is 0 Å². The smallest absolute Gasteiger partial charge is 0.189 e. The minimum atomic E-state index is 0.349. The van der Waals surface area contributed by atoms with Gasteiger partial charge in [0, 0.05) is 23.6 Å². The summed E-state index contributed by atoms with van der Waals surface area (Å²) < 4.78 is 16.5. The van der Waals surface area contributed by atoms with Gasteiger partial charge in [-0.15, -0.1) is 0 Å². The van der Waals surface area contributed by atoms with Crippen molar-refractivity contribution < 1.29 is 14.2 Å². The number of ether oxygens (including phenoxy) is 3. The molecular weight excluding hydrogens is 230 g/mol. The summed E-state index contributed by atoms with van der Waals surface area (Å²) >= 11 is 0. The van der Waals surface area contributed by atoms with E-state index in [0.717, 1.165) is 30.2 Å². The normalized spacial score (nSPS) is 23.1. The second-order valence-corrected chi connectivity index (χ2v) is 4.81. The predicted molar refractivity (Wildman–Crippen MR) is 68.1 cm³/mol. The van der Waals surface area contributed by atoms with E-state index >= 15 is 0 Å². The fourth-order valence-corrected chi connectivity index (χ4v) is 2.88. The second-order valence-electron chi connectivity index (χ2n) is 4.81. The van der Waals surface area contributed by atoms with Gasteiger partial charge in [0.1, 0.15) is 11.5 Å². The lowest BCUT2D eigenvalue weighted by Gasteiger charge is -2.29. The molecule has 1 aromatic carbocycles. The number of rotatable bonds is 2. The number of benzene rings is 1. The molecule has 0 spiro atoms. The van der Waals surface area contributed by atoms with Gasteiger partial charge in [-0.2, -0.15) is 0 Å². The van der Waals surface area contributed by atoms with Gasteiger partial charge >= 0.3 is 0 Å². The fourth-order valence-electron chi connectivity index (χ4n) is 2.88. The average molecular weight is 249 g/mol. The summed E-state index contributed by atoms with van der Waals surface area (Å²) in [7, 11) is 1.73. The van der Waals surface area contributed by atoms with E-state index in [-0.39, 0.29) is 0 Å². The Kier molecular flexibility index (Phi) is 3.39.